The van der Waals surface area contributed by atoms with Crippen molar-refractivity contribution in [3.63, 3.8) is 0 Å². The van der Waals surface area contributed by atoms with Gasteiger partial charge < -0.3 is 19.7 Å². The molecule has 296 valence electrons. The van der Waals surface area contributed by atoms with E-state index in [1.165, 1.54) is 50.7 Å². The Labute approximate surface area is 316 Å². The first-order valence-corrected chi connectivity index (χ1v) is 20.4. The van der Waals surface area contributed by atoms with Crippen LogP contribution in [0.2, 0.25) is 0 Å². The first-order valence-electron chi connectivity index (χ1n) is 20.4. The van der Waals surface area contributed by atoms with E-state index in [1.54, 1.807) is 26.8 Å². The van der Waals surface area contributed by atoms with Crippen molar-refractivity contribution in [2.24, 2.45) is 28.6 Å². The summed E-state index contributed by atoms with van der Waals surface area (Å²) in [6.07, 6.45) is 26.1. The van der Waals surface area contributed by atoms with E-state index in [0.29, 0.717) is 31.4 Å². The van der Waals surface area contributed by atoms with Gasteiger partial charge in [0, 0.05) is 16.7 Å². The Bertz CT molecular complexity index is 1420. The summed E-state index contributed by atoms with van der Waals surface area (Å²) < 4.78 is 27.9. The van der Waals surface area contributed by atoms with E-state index in [2.05, 4.69) is 31.2 Å². The van der Waals surface area contributed by atoms with Gasteiger partial charge in [-0.15, -0.1) is 0 Å². The number of ketones is 2. The van der Waals surface area contributed by atoms with Gasteiger partial charge in [0.1, 0.15) is 5.60 Å². The molecule has 0 aromatic carbocycles. The zero-order chi connectivity index (χ0) is 38.7. The lowest BCUT2D eigenvalue weighted by Crippen LogP contribution is -2.69. The van der Waals surface area contributed by atoms with Crippen LogP contribution in [0.15, 0.2) is 48.1 Å². The smallest absolute Gasteiger partial charge is 0.306 e. The van der Waals surface area contributed by atoms with E-state index in [4.69, 9.17) is 9.47 Å². The molecule has 0 heterocycles. The second-order valence-electron chi connectivity index (χ2n) is 16.6. The van der Waals surface area contributed by atoms with Gasteiger partial charge in [0.05, 0.1) is 25.6 Å². The van der Waals surface area contributed by atoms with Crippen molar-refractivity contribution in [1.29, 1.82) is 0 Å². The maximum atomic E-state index is 17.4. The molecule has 9 heteroatoms. The predicted molar refractivity (Wildman–Crippen MR) is 203 cm³/mol. The fourth-order valence-corrected chi connectivity index (χ4v) is 10.0. The minimum atomic E-state index is -2.07. The highest BCUT2D eigenvalue weighted by atomic mass is 19.1. The zero-order valence-electron chi connectivity index (χ0n) is 32.7. The lowest BCUT2D eigenvalue weighted by Gasteiger charge is -2.62. The van der Waals surface area contributed by atoms with E-state index in [-0.39, 0.29) is 25.0 Å². The fraction of sp³-hybridized carbons (Fsp3) is 0.727. The molecule has 0 bridgehead atoms. The number of Topliss-reactive ketones (excluding diaryl/α,β-unsaturated/α-hetero) is 1. The van der Waals surface area contributed by atoms with Gasteiger partial charge >= 0.3 is 11.9 Å². The lowest BCUT2D eigenvalue weighted by molar-refractivity contribution is -0.220. The normalized spacial score (nSPS) is 33.4. The van der Waals surface area contributed by atoms with E-state index in [9.17, 15) is 29.4 Å². The molecule has 0 radical (unpaired) electrons. The van der Waals surface area contributed by atoms with E-state index in [0.717, 1.165) is 38.5 Å². The summed E-state index contributed by atoms with van der Waals surface area (Å²) in [5, 5.41) is 23.6. The number of alkyl halides is 1. The number of esters is 2. The molecular weight excluding hydrogens is 675 g/mol. The number of unbranched alkanes of at least 4 members (excludes halogenated alkanes) is 9. The van der Waals surface area contributed by atoms with Gasteiger partial charge in [-0.05, 0) is 95.1 Å². The summed E-state index contributed by atoms with van der Waals surface area (Å²) in [4.78, 5) is 50.5. The molecule has 0 aliphatic heterocycles. The van der Waals surface area contributed by atoms with Crippen molar-refractivity contribution < 1.29 is 43.3 Å². The third-order valence-electron chi connectivity index (χ3n) is 13.2. The first-order chi connectivity index (χ1) is 25.3. The van der Waals surface area contributed by atoms with Gasteiger partial charge in [-0.1, -0.05) is 95.2 Å². The summed E-state index contributed by atoms with van der Waals surface area (Å²) in [7, 11) is 0. The first kappa shape index (κ1) is 42.8. The van der Waals surface area contributed by atoms with Crippen molar-refractivity contribution >= 4 is 23.5 Å². The molecule has 4 rings (SSSR count). The number of carbonyl (C=O) groups is 4. The van der Waals surface area contributed by atoms with Gasteiger partial charge in [0.2, 0.25) is 5.78 Å². The van der Waals surface area contributed by atoms with Gasteiger partial charge in [-0.25, -0.2) is 4.39 Å². The SMILES string of the molecule is CCCCC/C=C/C/C=C/CCCCCCCCOC(=O)CCC(=O)OCC(=O)[C@@]1(O)[C@H](C)C[C@H]2[C@@H]3CCC4=CC(=O)C=C[C@]4(C)[C@@]3(F)[C@@H](O)C[C@@]21C. The topological polar surface area (TPSA) is 127 Å². The molecule has 4 aliphatic carbocycles. The van der Waals surface area contributed by atoms with Gasteiger partial charge in [0.15, 0.2) is 18.1 Å². The molecule has 0 spiro atoms. The minimum Gasteiger partial charge on any atom is -0.466 e. The molecule has 2 N–H and O–H groups in total. The molecule has 0 aromatic rings. The van der Waals surface area contributed by atoms with Gasteiger partial charge in [0.25, 0.3) is 0 Å². The molecule has 0 unspecified atom stereocenters. The highest BCUT2D eigenvalue weighted by Crippen LogP contribution is 2.70. The molecule has 3 fully saturated rings. The van der Waals surface area contributed by atoms with Crippen LogP contribution in [-0.2, 0) is 28.7 Å². The number of fused-ring (bicyclic) bond motifs is 5. The van der Waals surface area contributed by atoms with E-state index < -0.39 is 70.3 Å². The molecule has 0 aromatic heterocycles. The van der Waals surface area contributed by atoms with Gasteiger partial charge in [-0.3, -0.25) is 19.2 Å². The Morgan fingerprint density at radius 2 is 1.53 bits per heavy atom. The number of rotatable bonds is 21. The molecule has 8 atom stereocenters. The average Bonchev–Trinajstić information content (AvgIpc) is 3.33. The maximum Gasteiger partial charge on any atom is 0.306 e. The number of aliphatic hydroxyl groups excluding tert-OH is 1. The van der Waals surface area contributed by atoms with Crippen molar-refractivity contribution in [3.05, 3.63) is 48.1 Å². The van der Waals surface area contributed by atoms with Gasteiger partial charge in [-0.2, -0.15) is 0 Å². The summed E-state index contributed by atoms with van der Waals surface area (Å²) in [6, 6.07) is 0. The van der Waals surface area contributed by atoms with Crippen molar-refractivity contribution in [3.8, 4) is 0 Å². The number of aliphatic hydroxyl groups is 2. The summed E-state index contributed by atoms with van der Waals surface area (Å²) in [5.74, 6) is -3.77. The van der Waals surface area contributed by atoms with Crippen LogP contribution in [0.5, 0.6) is 0 Å². The molecule has 0 amide bonds. The Kier molecular flexibility index (Phi) is 15.4. The second-order valence-corrected chi connectivity index (χ2v) is 16.6. The van der Waals surface area contributed by atoms with Crippen molar-refractivity contribution in [2.75, 3.05) is 13.2 Å². The van der Waals surface area contributed by atoms with E-state index >= 15 is 4.39 Å². The maximum absolute atomic E-state index is 17.4. The van der Waals surface area contributed by atoms with Crippen LogP contribution < -0.4 is 0 Å². The molecule has 4 aliphatic rings. The highest BCUT2D eigenvalue weighted by molar-refractivity contribution is 6.01. The third-order valence-corrected chi connectivity index (χ3v) is 13.2. The quantitative estimate of drug-likeness (QED) is 0.0681. The second kappa shape index (κ2) is 19.1. The monoisotopic (exact) mass is 740 g/mol. The van der Waals surface area contributed by atoms with Crippen LogP contribution in [0.3, 0.4) is 0 Å². The van der Waals surface area contributed by atoms with Crippen LogP contribution in [0, 0.1) is 28.6 Å². The predicted octanol–water partition coefficient (Wildman–Crippen LogP) is 8.58. The van der Waals surface area contributed by atoms with Crippen LogP contribution in [0.25, 0.3) is 0 Å². The lowest BCUT2D eigenvalue weighted by atomic mass is 9.44. The molecule has 53 heavy (non-hydrogen) atoms. The zero-order valence-corrected chi connectivity index (χ0v) is 32.7. The molecule has 0 saturated heterocycles. The largest absolute Gasteiger partial charge is 0.466 e. The summed E-state index contributed by atoms with van der Waals surface area (Å²) >= 11 is 0. The Hall–Kier alpha value is -2.91. The van der Waals surface area contributed by atoms with Crippen LogP contribution in [-0.4, -0.2) is 64.3 Å². The van der Waals surface area contributed by atoms with Crippen LogP contribution in [0.1, 0.15) is 143 Å². The highest BCUT2D eigenvalue weighted by Gasteiger charge is 2.75. The minimum absolute atomic E-state index is 0.156. The Balaban J connectivity index is 1.12. The van der Waals surface area contributed by atoms with Crippen molar-refractivity contribution in [2.45, 2.75) is 161 Å². The van der Waals surface area contributed by atoms with Crippen LogP contribution >= 0.6 is 0 Å². The number of carbonyl (C=O) groups excluding carboxylic acids is 4. The Morgan fingerprint density at radius 1 is 0.906 bits per heavy atom. The van der Waals surface area contributed by atoms with Crippen LogP contribution in [0.4, 0.5) is 4.39 Å². The molecule has 3 saturated carbocycles. The van der Waals surface area contributed by atoms with E-state index in [1.807, 2.05) is 0 Å². The third kappa shape index (κ3) is 9.32. The van der Waals surface area contributed by atoms with Crippen molar-refractivity contribution in [1.82, 2.24) is 0 Å². The fourth-order valence-electron chi connectivity index (χ4n) is 10.0. The standard InChI is InChI=1S/C44H65FO8/c1-5-6-7-8-9-10-11-12-13-14-15-16-17-18-19-20-27-52-39(49)23-24-40(50)53-31-38(48)44(51)32(2)28-36-35-22-21-33-29-34(46)25-26-41(33,3)43(35,45)37(47)30-42(36,44)4/h9-10,12-13,25-26,29,32,35-37,47,51H,5-8,11,14-24,27-28,30-31H2,1-4H3/b10-9+,13-12+/t32-,35+,36+,37+,41+,42+,43+,44+/m1/s1. The number of ether oxygens (including phenoxy) is 2. The number of allylic oxidation sites excluding steroid dienone is 8. The number of halogens is 1. The Morgan fingerprint density at radius 3 is 2.21 bits per heavy atom. The summed E-state index contributed by atoms with van der Waals surface area (Å²) in [5.41, 5.74) is -5.69. The molecular formula is C44H65FO8. The number of hydrogen-bond donors (Lipinski definition) is 2. The summed E-state index contributed by atoms with van der Waals surface area (Å²) in [6.45, 7) is 7.05. The number of hydrogen-bond acceptors (Lipinski definition) is 8. The molecule has 8 nitrogen and oxygen atoms in total. The average molecular weight is 741 g/mol.